The Morgan fingerprint density at radius 1 is 1.09 bits per heavy atom. The van der Waals surface area contributed by atoms with E-state index >= 15 is 0 Å². The molecule has 0 fully saturated rings. The highest BCUT2D eigenvalue weighted by Gasteiger charge is 2.23. The van der Waals surface area contributed by atoms with Gasteiger partial charge in [-0.25, -0.2) is 0 Å². The van der Waals surface area contributed by atoms with Gasteiger partial charge < -0.3 is 5.32 Å². The van der Waals surface area contributed by atoms with E-state index in [2.05, 4.69) is 31.4 Å². The first-order chi connectivity index (χ1) is 16.3. The third-order valence-corrected chi connectivity index (χ3v) is 6.66. The zero-order valence-corrected chi connectivity index (χ0v) is 20.7. The number of non-ortho nitro benzene ring substituents is 1. The molecule has 1 amide bonds. The number of carbonyl (C=O) groups excluding carboxylic acids is 1. The van der Waals surface area contributed by atoms with Gasteiger partial charge >= 0.3 is 0 Å². The normalized spacial score (nSPS) is 11.7. The number of aryl methyl sites for hydroxylation is 1. The second kappa shape index (κ2) is 10.2. The Kier molecular flexibility index (Phi) is 7.09. The number of carbonyl (C=O) groups is 1. The quantitative estimate of drug-likeness (QED) is 0.175. The van der Waals surface area contributed by atoms with E-state index in [-0.39, 0.29) is 11.6 Å². The van der Waals surface area contributed by atoms with Crippen LogP contribution in [0.5, 0.6) is 0 Å². The number of halogens is 1. The average Bonchev–Trinajstić information content (AvgIpc) is 3.24. The summed E-state index contributed by atoms with van der Waals surface area (Å²) in [7, 11) is 0. The molecule has 8 nitrogen and oxygen atoms in total. The Bertz CT molecular complexity index is 1340. The van der Waals surface area contributed by atoms with Gasteiger partial charge in [0.25, 0.3) is 5.69 Å². The molecule has 1 atom stereocenters. The van der Waals surface area contributed by atoms with E-state index in [1.807, 2.05) is 59.2 Å². The summed E-state index contributed by atoms with van der Waals surface area (Å²) >= 11 is 4.71. The predicted molar refractivity (Wildman–Crippen MR) is 136 cm³/mol. The number of nitro groups is 1. The molecule has 4 aromatic rings. The summed E-state index contributed by atoms with van der Waals surface area (Å²) in [5, 5.41) is 22.7. The van der Waals surface area contributed by atoms with E-state index in [1.165, 1.54) is 23.9 Å². The van der Waals surface area contributed by atoms with Crippen LogP contribution >= 0.6 is 27.7 Å². The first-order valence-electron chi connectivity index (χ1n) is 10.3. The maximum absolute atomic E-state index is 12.9. The molecule has 1 N–H and O–H groups in total. The van der Waals surface area contributed by atoms with Crippen LogP contribution in [0.15, 0.2) is 82.4 Å². The zero-order valence-electron chi connectivity index (χ0n) is 18.3. The Morgan fingerprint density at radius 2 is 1.79 bits per heavy atom. The molecule has 0 bridgehead atoms. The number of para-hydroxylation sites is 1. The maximum atomic E-state index is 12.9. The van der Waals surface area contributed by atoms with Crippen LogP contribution in [0, 0.1) is 17.0 Å². The van der Waals surface area contributed by atoms with Crippen molar-refractivity contribution in [2.75, 3.05) is 5.32 Å². The number of benzene rings is 3. The fourth-order valence-electron chi connectivity index (χ4n) is 3.25. The third-order valence-electron chi connectivity index (χ3n) is 5.09. The lowest BCUT2D eigenvalue weighted by Crippen LogP contribution is -2.23. The lowest BCUT2D eigenvalue weighted by molar-refractivity contribution is -0.384. The average molecular weight is 538 g/mol. The van der Waals surface area contributed by atoms with Crippen LogP contribution in [-0.2, 0) is 4.79 Å². The highest BCUT2D eigenvalue weighted by molar-refractivity contribution is 9.10. The lowest BCUT2D eigenvalue weighted by Gasteiger charge is -2.15. The van der Waals surface area contributed by atoms with E-state index < -0.39 is 10.2 Å². The molecule has 0 aliphatic rings. The minimum absolute atomic E-state index is 0.0795. The van der Waals surface area contributed by atoms with Crippen LogP contribution in [0.2, 0.25) is 0 Å². The van der Waals surface area contributed by atoms with Gasteiger partial charge in [0.15, 0.2) is 11.0 Å². The molecular weight excluding hydrogens is 518 g/mol. The molecular formula is C24H20BrN5O3S. The molecule has 0 saturated carbocycles. The minimum atomic E-state index is -0.539. The monoisotopic (exact) mass is 537 g/mol. The number of hydrogen-bond acceptors (Lipinski definition) is 6. The Hall–Kier alpha value is -3.50. The maximum Gasteiger partial charge on any atom is 0.271 e. The summed E-state index contributed by atoms with van der Waals surface area (Å²) in [6, 6.07) is 21.8. The molecule has 0 spiro atoms. The number of hydrogen-bond donors (Lipinski definition) is 1. The lowest BCUT2D eigenvalue weighted by atomic mass is 10.2. The number of nitrogens with one attached hydrogen (secondary N) is 1. The SMILES string of the molecule is Cc1ccc([N+](=O)[O-])cc1NC(=O)C(C)Sc1nnc(-c2ccc(Br)cc2)n1-c1ccccc1. The van der Waals surface area contributed by atoms with E-state index in [0.717, 1.165) is 21.3 Å². The number of nitrogens with zero attached hydrogens (tertiary/aromatic N) is 4. The zero-order chi connectivity index (χ0) is 24.2. The number of thioether (sulfide) groups is 1. The molecule has 4 rings (SSSR count). The molecule has 1 aromatic heterocycles. The second-order valence-electron chi connectivity index (χ2n) is 7.49. The van der Waals surface area contributed by atoms with Crippen molar-refractivity contribution in [3.05, 3.63) is 92.9 Å². The van der Waals surface area contributed by atoms with Crippen molar-refractivity contribution in [3.8, 4) is 17.1 Å². The Balaban J connectivity index is 1.62. The van der Waals surface area contributed by atoms with E-state index in [0.29, 0.717) is 16.7 Å². The van der Waals surface area contributed by atoms with Crippen LogP contribution in [0.4, 0.5) is 11.4 Å². The molecule has 1 unspecified atom stereocenters. The minimum Gasteiger partial charge on any atom is -0.325 e. The predicted octanol–water partition coefficient (Wildman–Crippen LogP) is 6.03. The smallest absolute Gasteiger partial charge is 0.271 e. The van der Waals surface area contributed by atoms with Gasteiger partial charge in [-0.15, -0.1) is 10.2 Å². The molecule has 3 aromatic carbocycles. The van der Waals surface area contributed by atoms with Crippen molar-refractivity contribution in [2.24, 2.45) is 0 Å². The van der Waals surface area contributed by atoms with Crippen molar-refractivity contribution in [1.29, 1.82) is 0 Å². The summed E-state index contributed by atoms with van der Waals surface area (Å²) in [5.74, 6) is 0.365. The van der Waals surface area contributed by atoms with E-state index in [9.17, 15) is 14.9 Å². The molecule has 172 valence electrons. The van der Waals surface area contributed by atoms with Gasteiger partial charge in [-0.05, 0) is 43.7 Å². The molecule has 10 heteroatoms. The van der Waals surface area contributed by atoms with Crippen molar-refractivity contribution in [1.82, 2.24) is 14.8 Å². The van der Waals surface area contributed by atoms with Gasteiger partial charge in [0.2, 0.25) is 5.91 Å². The summed E-state index contributed by atoms with van der Waals surface area (Å²) in [5.41, 5.74) is 2.82. The number of nitro benzene ring substituents is 1. The van der Waals surface area contributed by atoms with Crippen LogP contribution in [-0.4, -0.2) is 30.8 Å². The number of amides is 1. The number of aromatic nitrogens is 3. The van der Waals surface area contributed by atoms with Gasteiger partial charge in [0.05, 0.1) is 15.9 Å². The summed E-state index contributed by atoms with van der Waals surface area (Å²) in [4.78, 5) is 23.6. The second-order valence-corrected chi connectivity index (χ2v) is 9.71. The highest BCUT2D eigenvalue weighted by Crippen LogP contribution is 2.31. The molecule has 0 saturated heterocycles. The molecule has 0 radical (unpaired) electrons. The fourth-order valence-corrected chi connectivity index (χ4v) is 4.38. The molecule has 0 aliphatic carbocycles. The first kappa shape index (κ1) is 23.7. The number of rotatable bonds is 7. The van der Waals surface area contributed by atoms with Crippen molar-refractivity contribution in [2.45, 2.75) is 24.3 Å². The van der Waals surface area contributed by atoms with E-state index in [4.69, 9.17) is 0 Å². The van der Waals surface area contributed by atoms with Gasteiger partial charge in [-0.2, -0.15) is 0 Å². The van der Waals surface area contributed by atoms with Gasteiger partial charge in [0.1, 0.15) is 0 Å². The summed E-state index contributed by atoms with van der Waals surface area (Å²) in [6.07, 6.45) is 0. The standard InChI is InChI=1S/C24H20BrN5O3S/c1-15-8-13-20(30(32)33)14-21(15)26-23(31)16(2)34-24-28-27-22(17-9-11-18(25)12-10-17)29(24)19-6-4-3-5-7-19/h3-14,16H,1-2H3,(H,26,31). The Labute approximate surface area is 208 Å². The topological polar surface area (TPSA) is 103 Å². The number of anilines is 1. The van der Waals surface area contributed by atoms with E-state index in [1.54, 1.807) is 19.9 Å². The summed E-state index contributed by atoms with van der Waals surface area (Å²) in [6.45, 7) is 3.55. The summed E-state index contributed by atoms with van der Waals surface area (Å²) < 4.78 is 2.87. The van der Waals surface area contributed by atoms with Crippen molar-refractivity contribution in [3.63, 3.8) is 0 Å². The molecule has 34 heavy (non-hydrogen) atoms. The van der Waals surface area contributed by atoms with Crippen molar-refractivity contribution >= 4 is 45.0 Å². The van der Waals surface area contributed by atoms with Crippen LogP contribution in [0.25, 0.3) is 17.1 Å². The highest BCUT2D eigenvalue weighted by atomic mass is 79.9. The first-order valence-corrected chi connectivity index (χ1v) is 12.0. The molecule has 1 heterocycles. The van der Waals surface area contributed by atoms with Crippen molar-refractivity contribution < 1.29 is 9.72 Å². The van der Waals surface area contributed by atoms with Gasteiger partial charge in [0, 0.05) is 27.9 Å². The largest absolute Gasteiger partial charge is 0.325 e. The third kappa shape index (κ3) is 5.18. The molecule has 0 aliphatic heterocycles. The fraction of sp³-hybridized carbons (Fsp3) is 0.125. The van der Waals surface area contributed by atoms with Crippen LogP contribution in [0.1, 0.15) is 12.5 Å². The van der Waals surface area contributed by atoms with Crippen LogP contribution in [0.3, 0.4) is 0 Å². The Morgan fingerprint density at radius 3 is 2.47 bits per heavy atom. The van der Waals surface area contributed by atoms with Gasteiger partial charge in [-0.1, -0.05) is 64.1 Å². The van der Waals surface area contributed by atoms with Gasteiger partial charge in [-0.3, -0.25) is 19.5 Å². The van der Waals surface area contributed by atoms with Crippen LogP contribution < -0.4 is 5.32 Å².